The number of hydrogen-bond donors (Lipinski definition) is 1. The second kappa shape index (κ2) is 6.20. The van der Waals surface area contributed by atoms with Crippen molar-refractivity contribution in [1.82, 2.24) is 10.3 Å². The molecule has 1 aromatic heterocycles. The molecule has 21 heavy (non-hydrogen) atoms. The number of benzene rings is 1. The average Bonchev–Trinajstić information content (AvgIpc) is 2.84. The lowest BCUT2D eigenvalue weighted by atomic mass is 9.98. The van der Waals surface area contributed by atoms with Gasteiger partial charge in [-0.1, -0.05) is 26.8 Å². The number of nitrogens with one attached hydrogen (secondary N) is 1. The second-order valence-corrected chi connectivity index (χ2v) is 7.27. The molecule has 114 valence electrons. The lowest BCUT2D eigenvalue weighted by molar-refractivity contribution is 0.519. The lowest BCUT2D eigenvalue weighted by Crippen LogP contribution is -2.18. The molecular weight excluding hydrogens is 290 g/mol. The molecule has 0 aliphatic rings. The smallest absolute Gasteiger partial charge is 0.130 e. The summed E-state index contributed by atoms with van der Waals surface area (Å²) in [6, 6.07) is 3.49. The fraction of sp³-hybridized carbons (Fsp3) is 0.438. The van der Waals surface area contributed by atoms with Crippen LogP contribution in [0, 0.1) is 11.6 Å². The Morgan fingerprint density at radius 1 is 1.29 bits per heavy atom. The first kappa shape index (κ1) is 16.0. The average molecular weight is 310 g/mol. The van der Waals surface area contributed by atoms with Crippen molar-refractivity contribution in [2.24, 2.45) is 0 Å². The zero-order valence-electron chi connectivity index (χ0n) is 12.7. The van der Waals surface area contributed by atoms with Crippen LogP contribution in [0.1, 0.15) is 49.2 Å². The monoisotopic (exact) mass is 310 g/mol. The van der Waals surface area contributed by atoms with Crippen molar-refractivity contribution in [3.05, 3.63) is 51.5 Å². The van der Waals surface area contributed by atoms with Gasteiger partial charge in [-0.15, -0.1) is 11.3 Å². The van der Waals surface area contributed by atoms with Crippen molar-refractivity contribution in [2.75, 3.05) is 0 Å². The molecule has 1 atom stereocenters. The van der Waals surface area contributed by atoms with Crippen molar-refractivity contribution in [1.29, 1.82) is 0 Å². The molecule has 5 heteroatoms. The molecule has 0 aliphatic heterocycles. The van der Waals surface area contributed by atoms with Gasteiger partial charge in [0, 0.05) is 40.7 Å². The zero-order valence-corrected chi connectivity index (χ0v) is 13.5. The minimum atomic E-state index is -0.555. The van der Waals surface area contributed by atoms with Crippen LogP contribution in [-0.4, -0.2) is 4.98 Å². The van der Waals surface area contributed by atoms with E-state index in [1.807, 2.05) is 13.1 Å². The predicted octanol–water partition coefficient (Wildman–Crippen LogP) is 4.57. The third-order valence-electron chi connectivity index (χ3n) is 3.21. The number of halogens is 2. The van der Waals surface area contributed by atoms with E-state index >= 15 is 0 Å². The van der Waals surface area contributed by atoms with E-state index in [0.29, 0.717) is 12.1 Å². The van der Waals surface area contributed by atoms with E-state index in [4.69, 9.17) is 0 Å². The quantitative estimate of drug-likeness (QED) is 0.895. The van der Waals surface area contributed by atoms with Gasteiger partial charge in [0.1, 0.15) is 11.6 Å². The molecule has 2 nitrogen and oxygen atoms in total. The van der Waals surface area contributed by atoms with Gasteiger partial charge < -0.3 is 5.32 Å². The van der Waals surface area contributed by atoms with Gasteiger partial charge in [0.15, 0.2) is 0 Å². The molecule has 0 spiro atoms. The van der Waals surface area contributed by atoms with E-state index in [1.165, 1.54) is 12.1 Å². The first-order valence-corrected chi connectivity index (χ1v) is 7.72. The van der Waals surface area contributed by atoms with E-state index < -0.39 is 11.6 Å². The summed E-state index contributed by atoms with van der Waals surface area (Å²) >= 11 is 1.66. The summed E-state index contributed by atoms with van der Waals surface area (Å²) < 4.78 is 26.6. The van der Waals surface area contributed by atoms with Crippen LogP contribution in [0.3, 0.4) is 0 Å². The van der Waals surface area contributed by atoms with Gasteiger partial charge in [-0.25, -0.2) is 13.8 Å². The molecule has 1 N–H and O–H groups in total. The Morgan fingerprint density at radius 2 is 2.00 bits per heavy atom. The summed E-state index contributed by atoms with van der Waals surface area (Å²) in [5.41, 5.74) is 0.509. The first-order chi connectivity index (χ1) is 9.77. The van der Waals surface area contributed by atoms with Crippen molar-refractivity contribution < 1.29 is 8.78 Å². The Labute approximate surface area is 128 Å². The van der Waals surface area contributed by atoms with Gasteiger partial charge in [0.25, 0.3) is 0 Å². The highest BCUT2D eigenvalue weighted by molar-refractivity contribution is 7.11. The Balaban J connectivity index is 2.01. The molecule has 0 radical (unpaired) electrons. The van der Waals surface area contributed by atoms with E-state index in [-0.39, 0.29) is 11.5 Å². The van der Waals surface area contributed by atoms with Crippen LogP contribution in [-0.2, 0) is 12.0 Å². The number of nitrogens with zero attached hydrogens (tertiary/aromatic N) is 1. The molecule has 0 saturated heterocycles. The van der Waals surface area contributed by atoms with Crippen LogP contribution in [0.4, 0.5) is 8.78 Å². The molecule has 0 amide bonds. The maximum absolute atomic E-state index is 13.7. The second-order valence-electron chi connectivity index (χ2n) is 6.15. The van der Waals surface area contributed by atoms with Crippen LogP contribution in [0.15, 0.2) is 24.4 Å². The molecule has 1 aromatic carbocycles. The number of hydrogen-bond acceptors (Lipinski definition) is 3. The minimum Gasteiger partial charge on any atom is -0.305 e. The Kier molecular flexibility index (Phi) is 4.74. The largest absolute Gasteiger partial charge is 0.305 e. The van der Waals surface area contributed by atoms with Crippen LogP contribution < -0.4 is 5.32 Å². The summed E-state index contributed by atoms with van der Waals surface area (Å²) in [7, 11) is 0. The van der Waals surface area contributed by atoms with Crippen molar-refractivity contribution >= 4 is 11.3 Å². The van der Waals surface area contributed by atoms with Gasteiger partial charge >= 0.3 is 0 Å². The molecular formula is C16H20F2N2S. The van der Waals surface area contributed by atoms with E-state index in [9.17, 15) is 8.78 Å². The maximum Gasteiger partial charge on any atom is 0.130 e. The van der Waals surface area contributed by atoms with Crippen LogP contribution in [0.2, 0.25) is 0 Å². The highest BCUT2D eigenvalue weighted by Gasteiger charge is 2.18. The van der Waals surface area contributed by atoms with Crippen molar-refractivity contribution in [2.45, 2.75) is 45.7 Å². The normalized spacial score (nSPS) is 13.4. The Bertz CT molecular complexity index is 617. The van der Waals surface area contributed by atoms with E-state index in [2.05, 4.69) is 31.1 Å². The molecule has 0 bridgehead atoms. The molecule has 0 fully saturated rings. The number of rotatable bonds is 4. The van der Waals surface area contributed by atoms with Gasteiger partial charge in [0.05, 0.1) is 5.01 Å². The lowest BCUT2D eigenvalue weighted by Gasteiger charge is -2.15. The van der Waals surface area contributed by atoms with Gasteiger partial charge in [0.2, 0.25) is 0 Å². The molecule has 0 aliphatic carbocycles. The summed E-state index contributed by atoms with van der Waals surface area (Å²) in [5, 5.41) is 4.33. The highest BCUT2D eigenvalue weighted by atomic mass is 32.1. The van der Waals surface area contributed by atoms with Gasteiger partial charge in [-0.2, -0.15) is 0 Å². The Morgan fingerprint density at radius 3 is 2.57 bits per heavy atom. The topological polar surface area (TPSA) is 24.9 Å². The molecule has 2 aromatic rings. The van der Waals surface area contributed by atoms with Gasteiger partial charge in [-0.3, -0.25) is 0 Å². The standard InChI is InChI=1S/C16H20F2N2S/c1-10(13-6-5-11(17)7-14(13)18)19-8-12-9-20-15(21-12)16(2,3)4/h5-7,9-10,19H,8H2,1-4H3. The SMILES string of the molecule is CC(NCc1cnc(C(C)(C)C)s1)c1ccc(F)cc1F. The van der Waals surface area contributed by atoms with E-state index in [1.54, 1.807) is 11.3 Å². The predicted molar refractivity (Wildman–Crippen MR) is 82.4 cm³/mol. The zero-order chi connectivity index (χ0) is 15.6. The van der Waals surface area contributed by atoms with Crippen molar-refractivity contribution in [3.63, 3.8) is 0 Å². The van der Waals surface area contributed by atoms with Crippen LogP contribution >= 0.6 is 11.3 Å². The molecule has 1 heterocycles. The summed E-state index contributed by atoms with van der Waals surface area (Å²) in [6.45, 7) is 8.85. The fourth-order valence-corrected chi connectivity index (χ4v) is 2.87. The summed E-state index contributed by atoms with van der Waals surface area (Å²) in [6.07, 6.45) is 1.85. The number of thiazole rings is 1. The minimum absolute atomic E-state index is 0.0393. The molecule has 1 unspecified atom stereocenters. The molecule has 0 saturated carbocycles. The van der Waals surface area contributed by atoms with Gasteiger partial charge in [-0.05, 0) is 13.0 Å². The first-order valence-electron chi connectivity index (χ1n) is 6.91. The summed E-state index contributed by atoms with van der Waals surface area (Å²) in [5.74, 6) is -1.07. The number of aromatic nitrogens is 1. The van der Waals surface area contributed by atoms with Crippen molar-refractivity contribution in [3.8, 4) is 0 Å². The fourth-order valence-electron chi connectivity index (χ4n) is 1.95. The van der Waals surface area contributed by atoms with E-state index in [0.717, 1.165) is 16.0 Å². The molecule has 2 rings (SSSR count). The highest BCUT2D eigenvalue weighted by Crippen LogP contribution is 2.27. The van der Waals surface area contributed by atoms with Crippen LogP contribution in [0.5, 0.6) is 0 Å². The third kappa shape index (κ3) is 4.08. The maximum atomic E-state index is 13.7. The third-order valence-corrected chi connectivity index (χ3v) is 4.63. The summed E-state index contributed by atoms with van der Waals surface area (Å²) in [4.78, 5) is 5.53. The Hall–Kier alpha value is -1.33. The van der Waals surface area contributed by atoms with Crippen LogP contribution in [0.25, 0.3) is 0 Å².